The zero-order valence-corrected chi connectivity index (χ0v) is 8.32. The van der Waals surface area contributed by atoms with Crippen molar-refractivity contribution in [3.05, 3.63) is 17.5 Å². The molecule has 0 saturated carbocycles. The second-order valence-electron chi connectivity index (χ2n) is 3.38. The third kappa shape index (κ3) is 1.93. The van der Waals surface area contributed by atoms with Gasteiger partial charge < -0.3 is 5.73 Å². The summed E-state index contributed by atoms with van der Waals surface area (Å²) in [4.78, 5) is 2.59. The highest BCUT2D eigenvalue weighted by Gasteiger charge is 2.41. The van der Waals surface area contributed by atoms with Crippen LogP contribution in [0.1, 0.15) is 11.4 Å². The minimum absolute atomic E-state index is 0.400. The summed E-state index contributed by atoms with van der Waals surface area (Å²) in [7, 11) is 0. The fourth-order valence-electron chi connectivity index (χ4n) is 1.41. The van der Waals surface area contributed by atoms with E-state index >= 15 is 0 Å². The monoisotopic (exact) mass is 270 g/mol. The fourth-order valence-corrected chi connectivity index (χ4v) is 1.41. The van der Waals surface area contributed by atoms with Crippen molar-refractivity contribution in [3.63, 3.8) is 0 Å². The quantitative estimate of drug-likeness (QED) is 0.723. The normalized spacial score (nSPS) is 13.2. The lowest BCUT2D eigenvalue weighted by Gasteiger charge is -2.11. The van der Waals surface area contributed by atoms with Gasteiger partial charge in [-0.15, -0.1) is 0 Å². The lowest BCUT2D eigenvalue weighted by atomic mass is 10.2. The first-order valence-corrected chi connectivity index (χ1v) is 4.39. The summed E-state index contributed by atoms with van der Waals surface area (Å²) < 4.78 is 75.0. The maximum absolute atomic E-state index is 12.6. The Kier molecular flexibility index (Phi) is 2.42. The van der Waals surface area contributed by atoms with E-state index in [9.17, 15) is 26.3 Å². The van der Waals surface area contributed by atoms with Gasteiger partial charge in [0.25, 0.3) is 0 Å². The molecule has 0 aliphatic heterocycles. The Balaban J connectivity index is 2.83. The van der Waals surface area contributed by atoms with Crippen molar-refractivity contribution in [1.29, 1.82) is 0 Å². The van der Waals surface area contributed by atoms with E-state index in [1.807, 2.05) is 5.10 Å². The van der Waals surface area contributed by atoms with Gasteiger partial charge in [-0.3, -0.25) is 5.10 Å². The molecule has 10 heteroatoms. The number of nitrogen functional groups attached to an aromatic ring is 1. The molecule has 0 fully saturated rings. The predicted molar refractivity (Wildman–Crippen MR) is 48.3 cm³/mol. The van der Waals surface area contributed by atoms with Gasteiger partial charge in [0, 0.05) is 0 Å². The summed E-state index contributed by atoms with van der Waals surface area (Å²) in [6.07, 6.45) is -10.1. The molecule has 3 N–H and O–H groups in total. The van der Waals surface area contributed by atoms with Crippen molar-refractivity contribution < 1.29 is 26.3 Å². The first-order valence-electron chi connectivity index (χ1n) is 4.39. The van der Waals surface area contributed by atoms with Gasteiger partial charge in [0.1, 0.15) is 11.5 Å². The van der Waals surface area contributed by atoms with Crippen molar-refractivity contribution in [2.75, 3.05) is 5.73 Å². The number of halogens is 6. The number of hydrogen-bond acceptors (Lipinski definition) is 3. The van der Waals surface area contributed by atoms with E-state index in [0.717, 1.165) is 0 Å². The van der Waals surface area contributed by atoms with E-state index in [1.54, 1.807) is 0 Å². The van der Waals surface area contributed by atoms with Crippen molar-refractivity contribution >= 4 is 16.7 Å². The molecule has 0 amide bonds. The second kappa shape index (κ2) is 3.50. The SMILES string of the molecule is Nc1[nH]nc2cc(C(F)(F)F)nc(C(F)(F)F)c12. The van der Waals surface area contributed by atoms with Gasteiger partial charge in [-0.2, -0.15) is 31.4 Å². The van der Waals surface area contributed by atoms with E-state index in [0.29, 0.717) is 6.07 Å². The molecule has 0 bridgehead atoms. The standard InChI is InChI=1S/C8H4F6N4/c9-7(10,11)3-1-2-4(6(15)18-17-2)5(16-3)8(12,13)14/h1H,(H3,15,17,18). The Bertz CT molecular complexity index is 596. The van der Waals surface area contributed by atoms with Crippen LogP contribution in [0.25, 0.3) is 10.9 Å². The van der Waals surface area contributed by atoms with Crippen LogP contribution in [0, 0.1) is 0 Å². The summed E-state index contributed by atoms with van der Waals surface area (Å²) in [6, 6.07) is 0.400. The van der Waals surface area contributed by atoms with Crippen LogP contribution in [-0.2, 0) is 12.4 Å². The fraction of sp³-hybridized carbons (Fsp3) is 0.250. The molecule has 18 heavy (non-hydrogen) atoms. The van der Waals surface area contributed by atoms with Crippen LogP contribution in [0.15, 0.2) is 6.07 Å². The van der Waals surface area contributed by atoms with Crippen molar-refractivity contribution in [3.8, 4) is 0 Å². The number of H-pyrrole nitrogens is 1. The van der Waals surface area contributed by atoms with Gasteiger partial charge in [0.05, 0.1) is 10.9 Å². The van der Waals surface area contributed by atoms with Crippen LogP contribution in [-0.4, -0.2) is 15.2 Å². The molecule has 2 aromatic heterocycles. The number of aromatic amines is 1. The molecular formula is C8H4F6N4. The molecule has 4 nitrogen and oxygen atoms in total. The molecule has 2 heterocycles. The smallest absolute Gasteiger partial charge is 0.384 e. The molecule has 2 aromatic rings. The van der Waals surface area contributed by atoms with E-state index < -0.39 is 40.5 Å². The Morgan fingerprint density at radius 2 is 1.67 bits per heavy atom. The van der Waals surface area contributed by atoms with Gasteiger partial charge >= 0.3 is 12.4 Å². The Morgan fingerprint density at radius 1 is 1.06 bits per heavy atom. The van der Waals surface area contributed by atoms with Gasteiger partial charge in [0.15, 0.2) is 5.69 Å². The molecule has 0 radical (unpaired) electrons. The third-order valence-electron chi connectivity index (χ3n) is 2.12. The van der Waals surface area contributed by atoms with Gasteiger partial charge in [-0.05, 0) is 6.07 Å². The second-order valence-corrected chi connectivity index (χ2v) is 3.38. The highest BCUT2D eigenvalue weighted by molar-refractivity contribution is 5.91. The van der Waals surface area contributed by atoms with Crippen LogP contribution in [0.4, 0.5) is 32.2 Å². The highest BCUT2D eigenvalue weighted by Crippen LogP contribution is 2.38. The van der Waals surface area contributed by atoms with Crippen molar-refractivity contribution in [2.24, 2.45) is 0 Å². The number of pyridine rings is 1. The third-order valence-corrected chi connectivity index (χ3v) is 2.12. The van der Waals surface area contributed by atoms with Crippen LogP contribution in [0.2, 0.25) is 0 Å². The molecule has 0 atom stereocenters. The van der Waals surface area contributed by atoms with Gasteiger partial charge in [-0.1, -0.05) is 0 Å². The topological polar surface area (TPSA) is 67.6 Å². The maximum atomic E-state index is 12.6. The zero-order chi connectivity index (χ0) is 13.7. The minimum Gasteiger partial charge on any atom is -0.384 e. The highest BCUT2D eigenvalue weighted by atomic mass is 19.4. The molecule has 2 rings (SSSR count). The number of hydrogen-bond donors (Lipinski definition) is 2. The first-order chi connectivity index (χ1) is 8.10. The van der Waals surface area contributed by atoms with E-state index in [-0.39, 0.29) is 0 Å². The number of anilines is 1. The summed E-state index contributed by atoms with van der Waals surface area (Å²) in [5.74, 6) is -0.487. The molecule has 0 saturated heterocycles. The summed E-state index contributed by atoms with van der Waals surface area (Å²) in [6.45, 7) is 0. The molecular weight excluding hydrogens is 266 g/mol. The summed E-state index contributed by atoms with van der Waals surface area (Å²) >= 11 is 0. The largest absolute Gasteiger partial charge is 0.434 e. The van der Waals surface area contributed by atoms with Crippen LogP contribution >= 0.6 is 0 Å². The Morgan fingerprint density at radius 3 is 2.17 bits per heavy atom. The van der Waals surface area contributed by atoms with Crippen LogP contribution in [0.3, 0.4) is 0 Å². The number of nitrogens with one attached hydrogen (secondary N) is 1. The van der Waals surface area contributed by atoms with E-state index in [4.69, 9.17) is 5.73 Å². The predicted octanol–water partition coefficient (Wildman–Crippen LogP) is 2.58. The number of aromatic nitrogens is 3. The lowest BCUT2D eigenvalue weighted by Crippen LogP contribution is -2.15. The van der Waals surface area contributed by atoms with Gasteiger partial charge in [-0.25, -0.2) is 4.98 Å². The Labute approximate surface area is 94.8 Å². The number of nitrogens with zero attached hydrogens (tertiary/aromatic N) is 2. The average molecular weight is 270 g/mol. The molecule has 98 valence electrons. The van der Waals surface area contributed by atoms with E-state index in [2.05, 4.69) is 10.1 Å². The minimum atomic E-state index is -5.06. The molecule has 0 aliphatic rings. The van der Waals surface area contributed by atoms with Crippen LogP contribution in [0.5, 0.6) is 0 Å². The molecule has 0 aromatic carbocycles. The number of fused-ring (bicyclic) bond motifs is 1. The van der Waals surface area contributed by atoms with Crippen molar-refractivity contribution in [2.45, 2.75) is 12.4 Å². The Hall–Kier alpha value is -2.00. The number of nitrogens with two attached hydrogens (primary N) is 1. The molecule has 0 aliphatic carbocycles. The summed E-state index contributed by atoms with van der Waals surface area (Å²) in [5, 5.41) is 4.59. The maximum Gasteiger partial charge on any atom is 0.434 e. The average Bonchev–Trinajstić information content (AvgIpc) is 2.56. The molecule has 0 unspecified atom stereocenters. The summed E-state index contributed by atoms with van der Waals surface area (Å²) in [5.41, 5.74) is 1.27. The first kappa shape index (κ1) is 12.5. The van der Waals surface area contributed by atoms with Crippen molar-refractivity contribution in [1.82, 2.24) is 15.2 Å². The van der Waals surface area contributed by atoms with Crippen LogP contribution < -0.4 is 5.73 Å². The zero-order valence-electron chi connectivity index (χ0n) is 8.32. The van der Waals surface area contributed by atoms with Gasteiger partial charge in [0.2, 0.25) is 0 Å². The molecule has 0 spiro atoms. The lowest BCUT2D eigenvalue weighted by molar-refractivity contribution is -0.149. The number of rotatable bonds is 0. The van der Waals surface area contributed by atoms with E-state index in [1.165, 1.54) is 0 Å². The number of alkyl halides is 6.